The molecule has 188 valence electrons. The Kier molecular flexibility index (Phi) is 7.56. The van der Waals surface area contributed by atoms with E-state index in [-0.39, 0.29) is 11.6 Å². The van der Waals surface area contributed by atoms with Crippen LogP contribution in [0.2, 0.25) is 5.02 Å². The molecule has 0 unspecified atom stereocenters. The van der Waals surface area contributed by atoms with Crippen LogP contribution in [0.15, 0.2) is 91.0 Å². The molecule has 0 saturated carbocycles. The minimum atomic E-state index is -1.02. The number of halogens is 1. The molecule has 4 aromatic carbocycles. The van der Waals surface area contributed by atoms with Crippen LogP contribution in [-0.4, -0.2) is 28.8 Å². The third-order valence-corrected chi connectivity index (χ3v) is 7.02. The largest absolute Gasteiger partial charge is 0.478 e. The highest BCUT2D eigenvalue weighted by molar-refractivity contribution is 6.30. The van der Waals surface area contributed by atoms with E-state index in [2.05, 4.69) is 23.5 Å². The molecule has 0 amide bonds. The van der Waals surface area contributed by atoms with Gasteiger partial charge >= 0.3 is 5.97 Å². The van der Waals surface area contributed by atoms with Gasteiger partial charge in [0.25, 0.3) is 0 Å². The van der Waals surface area contributed by atoms with Crippen molar-refractivity contribution in [2.75, 3.05) is 6.54 Å². The first kappa shape index (κ1) is 25.0. The molecule has 3 N–H and O–H groups in total. The molecular formula is C31H28ClNO4. The predicted molar refractivity (Wildman–Crippen MR) is 146 cm³/mol. The molecule has 37 heavy (non-hydrogen) atoms. The maximum absolute atomic E-state index is 11.5. The van der Waals surface area contributed by atoms with Crippen LogP contribution in [0.4, 0.5) is 0 Å². The van der Waals surface area contributed by atoms with Crippen molar-refractivity contribution in [3.8, 4) is 22.6 Å². The van der Waals surface area contributed by atoms with Gasteiger partial charge in [-0.15, -0.1) is 0 Å². The van der Waals surface area contributed by atoms with Gasteiger partial charge in [0, 0.05) is 17.6 Å². The number of hydrogen-bond donors (Lipinski definition) is 3. The lowest BCUT2D eigenvalue weighted by Gasteiger charge is -2.27. The van der Waals surface area contributed by atoms with E-state index >= 15 is 0 Å². The van der Waals surface area contributed by atoms with E-state index < -0.39 is 12.1 Å². The summed E-state index contributed by atoms with van der Waals surface area (Å²) in [7, 11) is 0. The topological polar surface area (TPSA) is 78.8 Å². The standard InChI is InChI=1S/C31H28ClNO4/c32-25-7-3-6-23(16-25)29(34)19-33-26-14-13-20-11-12-22(15-24(20)17-26)21-5-4-8-27(18-21)37-30-10-2-1-9-28(30)31(35)36/h1-12,15-16,18,26,29,33-34H,13-14,17,19H2,(H,35,36)/t26-,29-/m0/s1. The lowest BCUT2D eigenvalue weighted by Crippen LogP contribution is -2.37. The third kappa shape index (κ3) is 6.03. The fourth-order valence-corrected chi connectivity index (χ4v) is 5.02. The van der Waals surface area contributed by atoms with Crippen molar-refractivity contribution < 1.29 is 19.7 Å². The Balaban J connectivity index is 1.28. The minimum absolute atomic E-state index is 0.126. The van der Waals surface area contributed by atoms with E-state index in [9.17, 15) is 15.0 Å². The van der Waals surface area contributed by atoms with Crippen LogP contribution in [0.1, 0.15) is 39.6 Å². The van der Waals surface area contributed by atoms with Gasteiger partial charge < -0.3 is 20.3 Å². The number of hydrogen-bond acceptors (Lipinski definition) is 4. The van der Waals surface area contributed by atoms with Crippen molar-refractivity contribution in [3.63, 3.8) is 0 Å². The van der Waals surface area contributed by atoms with E-state index in [1.165, 1.54) is 17.2 Å². The Morgan fingerprint density at radius 3 is 2.59 bits per heavy atom. The first-order valence-electron chi connectivity index (χ1n) is 12.4. The summed E-state index contributed by atoms with van der Waals surface area (Å²) in [6.45, 7) is 0.469. The number of benzene rings is 4. The van der Waals surface area contributed by atoms with Gasteiger partial charge in [0.05, 0.1) is 6.10 Å². The fraction of sp³-hybridized carbons (Fsp3) is 0.194. The maximum atomic E-state index is 11.5. The van der Waals surface area contributed by atoms with Crippen molar-refractivity contribution in [2.45, 2.75) is 31.4 Å². The van der Waals surface area contributed by atoms with Gasteiger partial charge in [-0.05, 0) is 83.5 Å². The van der Waals surface area contributed by atoms with Crippen LogP contribution in [-0.2, 0) is 12.8 Å². The summed E-state index contributed by atoms with van der Waals surface area (Å²) in [5, 5.41) is 24.2. The number of para-hydroxylation sites is 1. The quantitative estimate of drug-likeness (QED) is 0.245. The highest BCUT2D eigenvalue weighted by Crippen LogP contribution is 2.32. The third-order valence-electron chi connectivity index (χ3n) is 6.78. The number of carbonyl (C=O) groups is 1. The van der Waals surface area contributed by atoms with Crippen LogP contribution in [0.3, 0.4) is 0 Å². The molecule has 5 rings (SSSR count). The van der Waals surface area contributed by atoms with Gasteiger partial charge in [-0.25, -0.2) is 4.79 Å². The number of carboxylic acid groups (broad SMARTS) is 1. The van der Waals surface area contributed by atoms with Crippen LogP contribution in [0.25, 0.3) is 11.1 Å². The van der Waals surface area contributed by atoms with Gasteiger partial charge in [-0.2, -0.15) is 0 Å². The molecule has 0 fully saturated rings. The predicted octanol–water partition coefficient (Wildman–Crippen LogP) is 6.68. The number of aromatic carboxylic acids is 1. The second-order valence-electron chi connectivity index (χ2n) is 9.33. The van der Waals surface area contributed by atoms with Crippen molar-refractivity contribution in [1.82, 2.24) is 5.32 Å². The van der Waals surface area contributed by atoms with Gasteiger partial charge in [-0.3, -0.25) is 0 Å². The second-order valence-corrected chi connectivity index (χ2v) is 9.77. The average Bonchev–Trinajstić information content (AvgIpc) is 2.91. The molecule has 0 spiro atoms. The highest BCUT2D eigenvalue weighted by atomic mass is 35.5. The molecule has 2 atom stereocenters. The molecular weight excluding hydrogens is 486 g/mol. The zero-order chi connectivity index (χ0) is 25.8. The minimum Gasteiger partial charge on any atom is -0.478 e. The molecule has 0 saturated heterocycles. The summed E-state index contributed by atoms with van der Waals surface area (Å²) < 4.78 is 5.94. The zero-order valence-electron chi connectivity index (χ0n) is 20.2. The van der Waals surface area contributed by atoms with Crippen molar-refractivity contribution >= 4 is 17.6 Å². The summed E-state index contributed by atoms with van der Waals surface area (Å²) >= 11 is 6.07. The van der Waals surface area contributed by atoms with Crippen LogP contribution >= 0.6 is 11.6 Å². The highest BCUT2D eigenvalue weighted by Gasteiger charge is 2.20. The molecule has 4 aromatic rings. The molecule has 1 aliphatic carbocycles. The van der Waals surface area contributed by atoms with Gasteiger partial charge in [0.2, 0.25) is 0 Å². The van der Waals surface area contributed by atoms with E-state index in [0.29, 0.717) is 23.1 Å². The van der Waals surface area contributed by atoms with E-state index in [1.807, 2.05) is 36.4 Å². The second kappa shape index (κ2) is 11.2. The number of aryl methyl sites for hydroxylation is 1. The number of rotatable bonds is 8. The van der Waals surface area contributed by atoms with Crippen LogP contribution in [0, 0.1) is 0 Å². The van der Waals surface area contributed by atoms with E-state index in [1.54, 1.807) is 30.3 Å². The van der Waals surface area contributed by atoms with Crippen LogP contribution < -0.4 is 10.1 Å². The summed E-state index contributed by atoms with van der Waals surface area (Å²) in [4.78, 5) is 11.5. The number of ether oxygens (including phenoxy) is 1. The van der Waals surface area contributed by atoms with Gasteiger partial charge in [-0.1, -0.05) is 66.2 Å². The first-order chi connectivity index (χ1) is 18.0. The molecule has 0 heterocycles. The smallest absolute Gasteiger partial charge is 0.339 e. The summed E-state index contributed by atoms with van der Waals surface area (Å²) in [6, 6.07) is 28.5. The Morgan fingerprint density at radius 2 is 1.76 bits per heavy atom. The normalized spacial score (nSPS) is 15.6. The Morgan fingerprint density at radius 1 is 0.946 bits per heavy atom. The monoisotopic (exact) mass is 513 g/mol. The molecule has 6 heteroatoms. The Hall–Kier alpha value is -3.64. The number of aliphatic hydroxyl groups excluding tert-OH is 1. The van der Waals surface area contributed by atoms with Crippen molar-refractivity contribution in [1.29, 1.82) is 0 Å². The lowest BCUT2D eigenvalue weighted by atomic mass is 9.86. The molecule has 0 radical (unpaired) electrons. The van der Waals surface area contributed by atoms with E-state index in [0.717, 1.165) is 36.0 Å². The number of carboxylic acids is 1. The van der Waals surface area contributed by atoms with Crippen molar-refractivity contribution in [2.24, 2.45) is 0 Å². The van der Waals surface area contributed by atoms with Gasteiger partial charge in [0.1, 0.15) is 17.1 Å². The maximum Gasteiger partial charge on any atom is 0.339 e. The molecule has 1 aliphatic rings. The SMILES string of the molecule is O=C(O)c1ccccc1Oc1cccc(-c2ccc3c(c2)C[C@@H](NC[C@H](O)c2cccc(Cl)c2)CC3)c1. The Labute approximate surface area is 221 Å². The molecule has 0 aromatic heterocycles. The first-order valence-corrected chi connectivity index (χ1v) is 12.7. The number of aliphatic hydroxyl groups is 1. The van der Waals surface area contributed by atoms with Gasteiger partial charge in [0.15, 0.2) is 0 Å². The number of nitrogens with one attached hydrogen (secondary N) is 1. The molecule has 0 aliphatic heterocycles. The molecule has 0 bridgehead atoms. The summed E-state index contributed by atoms with van der Waals surface area (Å²) in [5.74, 6) is -0.130. The average molecular weight is 514 g/mol. The summed E-state index contributed by atoms with van der Waals surface area (Å²) in [5.41, 5.74) is 5.66. The Bertz CT molecular complexity index is 1420. The fourth-order valence-electron chi connectivity index (χ4n) is 4.82. The lowest BCUT2D eigenvalue weighted by molar-refractivity contribution is 0.0694. The number of fused-ring (bicyclic) bond motifs is 1. The van der Waals surface area contributed by atoms with Crippen LogP contribution in [0.5, 0.6) is 11.5 Å². The summed E-state index contributed by atoms with van der Waals surface area (Å²) in [6.07, 6.45) is 2.27. The van der Waals surface area contributed by atoms with Crippen molar-refractivity contribution in [3.05, 3.63) is 118 Å². The zero-order valence-corrected chi connectivity index (χ0v) is 21.0. The van der Waals surface area contributed by atoms with E-state index in [4.69, 9.17) is 16.3 Å². The molecule has 5 nitrogen and oxygen atoms in total.